The fraction of sp³-hybridized carbons (Fsp3) is 0.500. The summed E-state index contributed by atoms with van der Waals surface area (Å²) >= 11 is 0. The molecule has 3 saturated heterocycles. The van der Waals surface area contributed by atoms with Gasteiger partial charge < -0.3 is 4.90 Å². The third-order valence-electron chi connectivity index (χ3n) is 6.81. The second kappa shape index (κ2) is 6.41. The molecule has 3 atom stereocenters. The van der Waals surface area contributed by atoms with Crippen molar-refractivity contribution in [3.05, 3.63) is 59.7 Å². The van der Waals surface area contributed by atoms with E-state index < -0.39 is 0 Å². The van der Waals surface area contributed by atoms with Crippen LogP contribution in [0.2, 0.25) is 0 Å². The lowest BCUT2D eigenvalue weighted by Crippen LogP contribution is -2.43. The van der Waals surface area contributed by atoms with E-state index in [1.165, 1.54) is 12.0 Å². The number of amides is 1. The van der Waals surface area contributed by atoms with Gasteiger partial charge in [-0.3, -0.25) is 19.7 Å². The van der Waals surface area contributed by atoms with Crippen LogP contribution < -0.4 is 0 Å². The Morgan fingerprint density at radius 1 is 1.19 bits per heavy atom. The SMILES string of the molecule is Cc1cccc(CN2CC[C@]3(C[C@H]4CC[C@H]3N4Cc3cccnc3)C2=O)n1. The zero-order chi connectivity index (χ0) is 18.4. The minimum absolute atomic E-state index is 0.172. The predicted octanol–water partition coefficient (Wildman–Crippen LogP) is 2.94. The number of hydrogen-bond donors (Lipinski definition) is 0. The van der Waals surface area contributed by atoms with Crippen LogP contribution in [-0.2, 0) is 17.9 Å². The maximum absolute atomic E-state index is 13.5. The van der Waals surface area contributed by atoms with Crippen molar-refractivity contribution in [2.75, 3.05) is 6.54 Å². The van der Waals surface area contributed by atoms with Crippen molar-refractivity contribution in [2.45, 2.75) is 57.8 Å². The number of carbonyl (C=O) groups is 1. The standard InChI is InChI=1S/C22H26N4O/c1-16-4-2-6-18(24-16)15-25-11-9-22(21(25)27)12-19-7-8-20(22)26(19)14-17-5-3-10-23-13-17/h2-6,10,13,19-20H,7-9,11-12,14-15H2,1H3/t19-,20-,22-/m1/s1. The van der Waals surface area contributed by atoms with Crippen molar-refractivity contribution in [1.29, 1.82) is 0 Å². The van der Waals surface area contributed by atoms with Gasteiger partial charge in [0.2, 0.25) is 5.91 Å². The van der Waals surface area contributed by atoms with Crippen LogP contribution in [-0.4, -0.2) is 44.3 Å². The van der Waals surface area contributed by atoms with E-state index in [1.807, 2.05) is 48.5 Å². The van der Waals surface area contributed by atoms with E-state index in [4.69, 9.17) is 0 Å². The Balaban J connectivity index is 1.34. The lowest BCUT2D eigenvalue weighted by atomic mass is 9.72. The molecule has 5 rings (SSSR count). The first-order valence-corrected chi connectivity index (χ1v) is 10.0. The van der Waals surface area contributed by atoms with Gasteiger partial charge in [0.25, 0.3) is 0 Å². The zero-order valence-corrected chi connectivity index (χ0v) is 15.8. The average molecular weight is 362 g/mol. The molecule has 27 heavy (non-hydrogen) atoms. The first-order chi connectivity index (χ1) is 13.2. The molecular weight excluding hydrogens is 336 g/mol. The van der Waals surface area contributed by atoms with Crippen LogP contribution in [0.4, 0.5) is 0 Å². The Morgan fingerprint density at radius 2 is 2.11 bits per heavy atom. The van der Waals surface area contributed by atoms with Crippen LogP contribution in [0.3, 0.4) is 0 Å². The van der Waals surface area contributed by atoms with E-state index in [1.54, 1.807) is 0 Å². The molecule has 140 valence electrons. The molecule has 3 aliphatic rings. The van der Waals surface area contributed by atoms with Gasteiger partial charge in [0.05, 0.1) is 17.7 Å². The van der Waals surface area contributed by atoms with Gasteiger partial charge in [0.1, 0.15) is 0 Å². The Kier molecular flexibility index (Phi) is 4.01. The topological polar surface area (TPSA) is 49.3 Å². The number of pyridine rings is 2. The molecule has 0 unspecified atom stereocenters. The zero-order valence-electron chi connectivity index (χ0n) is 15.8. The van der Waals surface area contributed by atoms with Gasteiger partial charge in [0, 0.05) is 43.3 Å². The van der Waals surface area contributed by atoms with Gasteiger partial charge in [-0.1, -0.05) is 12.1 Å². The Hall–Kier alpha value is -2.27. The number of carbonyl (C=O) groups excluding carboxylic acids is 1. The Bertz CT molecular complexity index is 854. The molecule has 5 heterocycles. The van der Waals surface area contributed by atoms with Crippen molar-refractivity contribution in [1.82, 2.24) is 19.8 Å². The lowest BCUT2D eigenvalue weighted by Gasteiger charge is -2.32. The summed E-state index contributed by atoms with van der Waals surface area (Å²) in [6, 6.07) is 11.1. The number of likely N-dealkylation sites (tertiary alicyclic amines) is 1. The molecule has 2 aromatic rings. The van der Waals surface area contributed by atoms with Crippen LogP contribution in [0.25, 0.3) is 0 Å². The summed E-state index contributed by atoms with van der Waals surface area (Å²) in [7, 11) is 0. The molecule has 0 N–H and O–H groups in total. The average Bonchev–Trinajstić information content (AvgIpc) is 3.30. The first-order valence-electron chi connectivity index (χ1n) is 10.0. The highest BCUT2D eigenvalue weighted by molar-refractivity contribution is 5.86. The molecule has 0 aliphatic carbocycles. The van der Waals surface area contributed by atoms with Gasteiger partial charge >= 0.3 is 0 Å². The number of nitrogens with zero attached hydrogens (tertiary/aromatic N) is 4. The highest BCUT2D eigenvalue weighted by Gasteiger charge is 2.62. The van der Waals surface area contributed by atoms with E-state index in [0.717, 1.165) is 43.7 Å². The summed E-state index contributed by atoms with van der Waals surface area (Å²) in [5.74, 6) is 0.356. The van der Waals surface area contributed by atoms with Crippen molar-refractivity contribution in [2.24, 2.45) is 5.41 Å². The fourth-order valence-electron chi connectivity index (χ4n) is 5.64. The molecule has 3 fully saturated rings. The monoisotopic (exact) mass is 362 g/mol. The maximum Gasteiger partial charge on any atom is 0.230 e. The van der Waals surface area contributed by atoms with Crippen LogP contribution in [0.1, 0.15) is 42.6 Å². The van der Waals surface area contributed by atoms with Crippen LogP contribution in [0.5, 0.6) is 0 Å². The molecule has 1 amide bonds. The molecule has 0 saturated carbocycles. The van der Waals surface area contributed by atoms with Crippen molar-refractivity contribution < 1.29 is 4.79 Å². The van der Waals surface area contributed by atoms with E-state index in [0.29, 0.717) is 24.5 Å². The molecule has 1 spiro atoms. The van der Waals surface area contributed by atoms with Crippen LogP contribution in [0.15, 0.2) is 42.7 Å². The summed E-state index contributed by atoms with van der Waals surface area (Å²) in [6.45, 7) is 4.42. The molecule has 2 aromatic heterocycles. The van der Waals surface area contributed by atoms with E-state index in [9.17, 15) is 4.79 Å². The first kappa shape index (κ1) is 16.9. The molecule has 0 aromatic carbocycles. The van der Waals surface area contributed by atoms with Crippen molar-refractivity contribution in [3.8, 4) is 0 Å². The molecule has 3 aliphatic heterocycles. The van der Waals surface area contributed by atoms with E-state index >= 15 is 0 Å². The van der Waals surface area contributed by atoms with Gasteiger partial charge in [-0.2, -0.15) is 0 Å². The Morgan fingerprint density at radius 3 is 2.93 bits per heavy atom. The highest BCUT2D eigenvalue weighted by atomic mass is 16.2. The summed E-state index contributed by atoms with van der Waals surface area (Å²) in [4.78, 5) is 27.0. The van der Waals surface area contributed by atoms with Crippen molar-refractivity contribution in [3.63, 3.8) is 0 Å². The highest BCUT2D eigenvalue weighted by Crippen LogP contribution is 2.55. The molecule has 5 heteroatoms. The number of aryl methyl sites for hydroxylation is 1. The second-order valence-corrected chi connectivity index (χ2v) is 8.39. The Labute approximate surface area is 160 Å². The number of fused-ring (bicyclic) bond motifs is 3. The van der Waals surface area contributed by atoms with E-state index in [2.05, 4.69) is 20.9 Å². The molecule has 5 nitrogen and oxygen atoms in total. The third kappa shape index (κ3) is 2.76. The third-order valence-corrected chi connectivity index (χ3v) is 6.81. The molecule has 0 radical (unpaired) electrons. The largest absolute Gasteiger partial charge is 0.336 e. The quantitative estimate of drug-likeness (QED) is 0.839. The normalized spacial score (nSPS) is 30.0. The van der Waals surface area contributed by atoms with Gasteiger partial charge in [0.15, 0.2) is 0 Å². The molecule has 2 bridgehead atoms. The maximum atomic E-state index is 13.5. The summed E-state index contributed by atoms with van der Waals surface area (Å²) < 4.78 is 0. The fourth-order valence-corrected chi connectivity index (χ4v) is 5.64. The molecular formula is C22H26N4O. The summed E-state index contributed by atoms with van der Waals surface area (Å²) in [5.41, 5.74) is 3.08. The smallest absolute Gasteiger partial charge is 0.230 e. The van der Waals surface area contributed by atoms with E-state index in [-0.39, 0.29) is 5.41 Å². The number of rotatable bonds is 4. The minimum Gasteiger partial charge on any atom is -0.336 e. The van der Waals surface area contributed by atoms with Crippen molar-refractivity contribution >= 4 is 5.91 Å². The second-order valence-electron chi connectivity index (χ2n) is 8.39. The van der Waals surface area contributed by atoms with Gasteiger partial charge in [-0.05, 0) is 56.4 Å². The minimum atomic E-state index is -0.172. The number of hydrogen-bond acceptors (Lipinski definition) is 4. The number of aromatic nitrogens is 2. The lowest BCUT2D eigenvalue weighted by molar-refractivity contribution is -0.138. The summed E-state index contributed by atoms with van der Waals surface area (Å²) in [5, 5.41) is 0. The van der Waals surface area contributed by atoms with Gasteiger partial charge in [-0.25, -0.2) is 0 Å². The predicted molar refractivity (Wildman–Crippen MR) is 103 cm³/mol. The van der Waals surface area contributed by atoms with Gasteiger partial charge in [-0.15, -0.1) is 0 Å². The van der Waals surface area contributed by atoms with Crippen LogP contribution >= 0.6 is 0 Å². The van der Waals surface area contributed by atoms with Crippen LogP contribution in [0, 0.1) is 12.3 Å². The summed E-state index contributed by atoms with van der Waals surface area (Å²) in [6.07, 6.45) is 8.15.